The maximum atomic E-state index is 11.2. The first-order valence-corrected chi connectivity index (χ1v) is 6.70. The van der Waals surface area contributed by atoms with E-state index in [1.807, 2.05) is 0 Å². The van der Waals surface area contributed by atoms with Gasteiger partial charge in [-0.25, -0.2) is 8.37 Å². The predicted octanol–water partition coefficient (Wildman–Crippen LogP) is 0.869. The third kappa shape index (κ3) is 1.91. The highest BCUT2D eigenvalue weighted by atomic mass is 32.3. The normalized spacial score (nSPS) is 39.5. The number of likely N-dealkylation sites (tertiary alicyclic amines) is 1. The Balaban J connectivity index is 2.12. The van der Waals surface area contributed by atoms with Crippen molar-refractivity contribution in [2.45, 2.75) is 44.9 Å². The third-order valence-corrected chi connectivity index (χ3v) is 4.18. The van der Waals surface area contributed by atoms with E-state index in [4.69, 9.17) is 8.37 Å². The molecule has 5 nitrogen and oxygen atoms in total. The lowest BCUT2D eigenvalue weighted by Gasteiger charge is -2.30. The first-order chi connectivity index (χ1) is 6.98. The number of hydrogen-bond acceptors (Lipinski definition) is 5. The Kier molecular flexibility index (Phi) is 2.79. The molecule has 2 rings (SSSR count). The summed E-state index contributed by atoms with van der Waals surface area (Å²) in [6.07, 6.45) is 2.52. The predicted molar refractivity (Wildman–Crippen MR) is 54.4 cm³/mol. The van der Waals surface area contributed by atoms with E-state index < -0.39 is 16.1 Å². The van der Waals surface area contributed by atoms with Gasteiger partial charge in [-0.3, -0.25) is 4.90 Å². The van der Waals surface area contributed by atoms with Gasteiger partial charge in [0.05, 0.1) is 0 Å². The highest BCUT2D eigenvalue weighted by Crippen LogP contribution is 2.40. The average molecular weight is 235 g/mol. The minimum atomic E-state index is -3.76. The largest absolute Gasteiger partial charge is 0.402 e. The maximum absolute atomic E-state index is 11.2. The summed E-state index contributed by atoms with van der Waals surface area (Å²) in [7, 11) is -3.76. The molecule has 0 radical (unpaired) electrons. The summed E-state index contributed by atoms with van der Waals surface area (Å²) in [5, 5.41) is 0. The van der Waals surface area contributed by atoms with Crippen molar-refractivity contribution in [3.63, 3.8) is 0 Å². The van der Waals surface area contributed by atoms with E-state index in [-0.39, 0.29) is 6.10 Å². The van der Waals surface area contributed by atoms with E-state index >= 15 is 0 Å². The molecule has 0 N–H and O–H groups in total. The Hall–Kier alpha value is -0.170. The van der Waals surface area contributed by atoms with Crippen molar-refractivity contribution in [1.82, 2.24) is 4.90 Å². The van der Waals surface area contributed by atoms with Crippen LogP contribution >= 0.6 is 0 Å². The lowest BCUT2D eigenvalue weighted by atomic mass is 10.1. The molecule has 2 atom stereocenters. The topological polar surface area (TPSA) is 55.8 Å². The molecule has 0 aromatic carbocycles. The zero-order chi connectivity index (χ0) is 11.1. The number of hydrogen-bond donors (Lipinski definition) is 0. The van der Waals surface area contributed by atoms with Crippen LogP contribution in [0.2, 0.25) is 0 Å². The Morgan fingerprint density at radius 3 is 2.93 bits per heavy atom. The van der Waals surface area contributed by atoms with Gasteiger partial charge in [-0.1, -0.05) is 13.3 Å². The van der Waals surface area contributed by atoms with E-state index in [1.54, 1.807) is 6.92 Å². The number of unbranched alkanes of at least 4 members (excludes halogenated alkanes) is 1. The lowest BCUT2D eigenvalue weighted by Crippen LogP contribution is -2.46. The standard InChI is InChI=1S/C9H17NO4S/c1-3-4-6-10-7-5-8-9(10,2)14-15(11,12)13-8/h8H,3-7H2,1-2H3. The minimum Gasteiger partial charge on any atom is -0.272 e. The minimum absolute atomic E-state index is 0.334. The first-order valence-electron chi connectivity index (χ1n) is 5.37. The van der Waals surface area contributed by atoms with Gasteiger partial charge >= 0.3 is 10.4 Å². The van der Waals surface area contributed by atoms with Crippen LogP contribution in [0, 0.1) is 0 Å². The van der Waals surface area contributed by atoms with E-state index in [2.05, 4.69) is 11.8 Å². The van der Waals surface area contributed by atoms with Crippen molar-refractivity contribution < 1.29 is 16.8 Å². The van der Waals surface area contributed by atoms with Gasteiger partial charge < -0.3 is 0 Å². The van der Waals surface area contributed by atoms with Gasteiger partial charge in [-0.15, -0.1) is 0 Å². The van der Waals surface area contributed by atoms with Crippen molar-refractivity contribution in [3.8, 4) is 0 Å². The average Bonchev–Trinajstić information content (AvgIpc) is 2.51. The second-order valence-electron chi connectivity index (χ2n) is 4.26. The molecule has 0 aromatic heterocycles. The fourth-order valence-electron chi connectivity index (χ4n) is 2.26. The summed E-state index contributed by atoms with van der Waals surface area (Å²) in [5.74, 6) is 0. The highest BCUT2D eigenvalue weighted by Gasteiger charge is 2.57. The van der Waals surface area contributed by atoms with Gasteiger partial charge in [0.25, 0.3) is 0 Å². The number of fused-ring (bicyclic) bond motifs is 1. The van der Waals surface area contributed by atoms with E-state index in [9.17, 15) is 8.42 Å². The van der Waals surface area contributed by atoms with Crippen LogP contribution in [-0.4, -0.2) is 38.2 Å². The molecule has 2 fully saturated rings. The maximum Gasteiger partial charge on any atom is 0.402 e. The fourth-order valence-corrected chi connectivity index (χ4v) is 3.49. The van der Waals surface area contributed by atoms with Gasteiger partial charge in [-0.05, 0) is 19.8 Å². The second-order valence-corrected chi connectivity index (χ2v) is 5.44. The van der Waals surface area contributed by atoms with Crippen molar-refractivity contribution >= 4 is 10.4 Å². The van der Waals surface area contributed by atoms with E-state index in [0.29, 0.717) is 0 Å². The lowest BCUT2D eigenvalue weighted by molar-refractivity contribution is -0.0444. The van der Waals surface area contributed by atoms with Crippen molar-refractivity contribution in [2.24, 2.45) is 0 Å². The quantitative estimate of drug-likeness (QED) is 0.726. The Morgan fingerprint density at radius 2 is 2.27 bits per heavy atom. The molecule has 6 heteroatoms. The number of nitrogens with zero attached hydrogens (tertiary/aromatic N) is 1. The molecule has 0 aromatic rings. The van der Waals surface area contributed by atoms with E-state index in [1.165, 1.54) is 0 Å². The molecule has 2 unspecified atom stereocenters. The molecule has 2 aliphatic heterocycles. The van der Waals surface area contributed by atoms with Crippen LogP contribution in [0.3, 0.4) is 0 Å². The highest BCUT2D eigenvalue weighted by molar-refractivity contribution is 7.82. The first kappa shape index (κ1) is 11.3. The summed E-state index contributed by atoms with van der Waals surface area (Å²) in [5.41, 5.74) is -0.770. The van der Waals surface area contributed by atoms with Gasteiger partial charge in [0.2, 0.25) is 0 Å². The molecule has 2 heterocycles. The van der Waals surface area contributed by atoms with Crippen LogP contribution in [0.1, 0.15) is 33.1 Å². The van der Waals surface area contributed by atoms with Gasteiger partial charge in [0, 0.05) is 13.1 Å². The zero-order valence-electron chi connectivity index (χ0n) is 9.10. The Bertz CT molecular complexity index is 342. The molecule has 0 spiro atoms. The van der Waals surface area contributed by atoms with Crippen LogP contribution in [0.15, 0.2) is 0 Å². The summed E-state index contributed by atoms with van der Waals surface area (Å²) in [6.45, 7) is 5.61. The van der Waals surface area contributed by atoms with E-state index in [0.717, 1.165) is 32.4 Å². The monoisotopic (exact) mass is 235 g/mol. The smallest absolute Gasteiger partial charge is 0.272 e. The summed E-state index contributed by atoms with van der Waals surface area (Å²) >= 11 is 0. The van der Waals surface area contributed by atoms with Crippen molar-refractivity contribution in [3.05, 3.63) is 0 Å². The molecule has 0 saturated carbocycles. The molecule has 88 valence electrons. The fraction of sp³-hybridized carbons (Fsp3) is 1.00. The van der Waals surface area contributed by atoms with Gasteiger partial charge in [0.1, 0.15) is 6.10 Å². The van der Waals surface area contributed by atoms with Crippen LogP contribution in [-0.2, 0) is 18.8 Å². The second kappa shape index (κ2) is 3.69. The SMILES string of the molecule is CCCCN1CCC2OS(=O)(=O)OC21C. The molecule has 15 heavy (non-hydrogen) atoms. The molecular weight excluding hydrogens is 218 g/mol. The molecular formula is C9H17NO4S. The van der Waals surface area contributed by atoms with Crippen molar-refractivity contribution in [2.75, 3.05) is 13.1 Å². The molecule has 0 amide bonds. The molecule has 2 saturated heterocycles. The number of rotatable bonds is 3. The van der Waals surface area contributed by atoms with Gasteiger partial charge in [-0.2, -0.15) is 8.42 Å². The van der Waals surface area contributed by atoms with Gasteiger partial charge in [0.15, 0.2) is 5.72 Å². The van der Waals surface area contributed by atoms with Crippen LogP contribution in [0.5, 0.6) is 0 Å². The van der Waals surface area contributed by atoms with Crippen LogP contribution in [0.4, 0.5) is 0 Å². The van der Waals surface area contributed by atoms with Crippen LogP contribution in [0.25, 0.3) is 0 Å². The Morgan fingerprint density at radius 1 is 1.53 bits per heavy atom. The molecule has 0 bridgehead atoms. The molecule has 2 aliphatic rings. The molecule has 0 aliphatic carbocycles. The van der Waals surface area contributed by atoms with Crippen LogP contribution < -0.4 is 0 Å². The Labute approximate surface area is 90.7 Å². The van der Waals surface area contributed by atoms with Crippen molar-refractivity contribution in [1.29, 1.82) is 0 Å². The third-order valence-electron chi connectivity index (χ3n) is 3.17. The summed E-state index contributed by atoms with van der Waals surface area (Å²) in [6, 6.07) is 0. The zero-order valence-corrected chi connectivity index (χ0v) is 9.92. The summed E-state index contributed by atoms with van der Waals surface area (Å²) < 4.78 is 32.3. The summed E-state index contributed by atoms with van der Waals surface area (Å²) in [4.78, 5) is 2.06.